The van der Waals surface area contributed by atoms with Gasteiger partial charge in [0, 0.05) is 18.3 Å². The van der Waals surface area contributed by atoms with Gasteiger partial charge in [-0.15, -0.1) is 0 Å². The van der Waals surface area contributed by atoms with Gasteiger partial charge >= 0.3 is 5.97 Å². The number of benzene rings is 2. The van der Waals surface area contributed by atoms with Gasteiger partial charge in [0.1, 0.15) is 0 Å². The van der Waals surface area contributed by atoms with Crippen molar-refractivity contribution in [3.05, 3.63) is 81.7 Å². The summed E-state index contributed by atoms with van der Waals surface area (Å²) >= 11 is 0. The Bertz CT molecular complexity index is 979. The van der Waals surface area contributed by atoms with E-state index in [-0.39, 0.29) is 17.9 Å². The lowest BCUT2D eigenvalue weighted by Gasteiger charge is -2.23. The van der Waals surface area contributed by atoms with E-state index in [1.807, 2.05) is 24.3 Å². The Balaban J connectivity index is 1.52. The number of nitrogens with zero attached hydrogens (tertiary/aromatic N) is 1. The van der Waals surface area contributed by atoms with E-state index in [2.05, 4.69) is 10.9 Å². The largest absolute Gasteiger partial charge is 0.478 e. The zero-order valence-electron chi connectivity index (χ0n) is 16.9. The molecule has 0 heterocycles. The second-order valence-corrected chi connectivity index (χ2v) is 8.56. The number of aromatic carboxylic acids is 1. The molecule has 2 aromatic carbocycles. The number of carboxylic acids is 1. The standard InChI is InChI=1S/C25H27NO4/c1-26-21-14-23(28)24(17-9-11-18-16(13-17)10-12-22(18)27)20(21)8-4-6-15-5-2-3-7-19(15)25(29)30/h2-3,5,7,9,11,13,20-24,27-28H,4,6,8,10,12,14H2,(H,29,30)/t20?,21-,22?,23-,24?/m1/s1. The summed E-state index contributed by atoms with van der Waals surface area (Å²) in [6.07, 6.45) is 3.29. The van der Waals surface area contributed by atoms with Crippen LogP contribution in [0.5, 0.6) is 0 Å². The predicted octanol–water partition coefficient (Wildman–Crippen LogP) is 4.14. The molecule has 0 aliphatic heterocycles. The van der Waals surface area contributed by atoms with E-state index in [1.165, 1.54) is 0 Å². The maximum Gasteiger partial charge on any atom is 0.335 e. The fourth-order valence-corrected chi connectivity index (χ4v) is 5.38. The molecule has 30 heavy (non-hydrogen) atoms. The van der Waals surface area contributed by atoms with Crippen molar-refractivity contribution in [2.45, 2.75) is 62.7 Å². The first-order valence-electron chi connectivity index (χ1n) is 10.7. The van der Waals surface area contributed by atoms with Crippen LogP contribution < -0.4 is 0 Å². The van der Waals surface area contributed by atoms with Crippen molar-refractivity contribution in [2.75, 3.05) is 0 Å². The Morgan fingerprint density at radius 3 is 2.73 bits per heavy atom. The monoisotopic (exact) mass is 405 g/mol. The van der Waals surface area contributed by atoms with Crippen LogP contribution in [-0.2, 0) is 12.8 Å². The van der Waals surface area contributed by atoms with E-state index in [0.717, 1.165) is 47.9 Å². The first kappa shape index (κ1) is 20.6. The summed E-state index contributed by atoms with van der Waals surface area (Å²) in [5.41, 5.74) is 4.32. The lowest BCUT2D eigenvalue weighted by atomic mass is 9.82. The molecule has 0 aromatic heterocycles. The molecule has 2 aromatic rings. The molecule has 5 atom stereocenters. The number of hydrogen-bond acceptors (Lipinski definition) is 3. The number of aryl methyl sites for hydroxylation is 2. The fourth-order valence-electron chi connectivity index (χ4n) is 5.38. The Morgan fingerprint density at radius 2 is 1.97 bits per heavy atom. The highest BCUT2D eigenvalue weighted by molar-refractivity contribution is 5.89. The zero-order valence-corrected chi connectivity index (χ0v) is 16.9. The molecule has 4 rings (SSSR count). The Morgan fingerprint density at radius 1 is 1.17 bits per heavy atom. The normalized spacial score (nSPS) is 27.6. The first-order chi connectivity index (χ1) is 14.5. The average molecular weight is 405 g/mol. The molecule has 1 saturated carbocycles. The molecular formula is C25H27NO4. The molecule has 5 heteroatoms. The van der Waals surface area contributed by atoms with Gasteiger partial charge < -0.3 is 20.2 Å². The number of hydrogen-bond donors (Lipinski definition) is 3. The molecule has 156 valence electrons. The molecule has 2 aliphatic rings. The topological polar surface area (TPSA) is 82.1 Å². The molecule has 3 unspecified atom stereocenters. The third kappa shape index (κ3) is 3.86. The van der Waals surface area contributed by atoms with Crippen LogP contribution in [0.2, 0.25) is 0 Å². The molecule has 0 spiro atoms. The van der Waals surface area contributed by atoms with Crippen LogP contribution in [0.15, 0.2) is 42.5 Å². The van der Waals surface area contributed by atoms with Gasteiger partial charge in [0.25, 0.3) is 0 Å². The van der Waals surface area contributed by atoms with Crippen LogP contribution in [0.3, 0.4) is 0 Å². The summed E-state index contributed by atoms with van der Waals surface area (Å²) in [5.74, 6) is -0.972. The maximum absolute atomic E-state index is 11.4. The van der Waals surface area contributed by atoms with Crippen molar-refractivity contribution in [2.24, 2.45) is 5.92 Å². The molecule has 5 nitrogen and oxygen atoms in total. The van der Waals surface area contributed by atoms with Gasteiger partial charge in [-0.2, -0.15) is 0 Å². The zero-order chi connectivity index (χ0) is 21.3. The SMILES string of the molecule is [C-]#[N+][C@@H]1C[C@@H](O)C(c2ccc3c(c2)CCC3O)C1CCCc1ccccc1C(=O)O. The van der Waals surface area contributed by atoms with E-state index >= 15 is 0 Å². The van der Waals surface area contributed by atoms with E-state index in [9.17, 15) is 20.1 Å². The molecule has 2 aliphatic carbocycles. The molecule has 3 N–H and O–H groups in total. The minimum Gasteiger partial charge on any atom is -0.478 e. The van der Waals surface area contributed by atoms with Crippen molar-refractivity contribution >= 4 is 5.97 Å². The Kier molecular flexibility index (Phi) is 5.90. The van der Waals surface area contributed by atoms with Crippen LogP contribution in [0, 0.1) is 12.5 Å². The highest BCUT2D eigenvalue weighted by Crippen LogP contribution is 2.45. The van der Waals surface area contributed by atoms with Gasteiger partial charge in [0.15, 0.2) is 0 Å². The lowest BCUT2D eigenvalue weighted by Crippen LogP contribution is -2.20. The quantitative estimate of drug-likeness (QED) is 0.631. The van der Waals surface area contributed by atoms with E-state index < -0.39 is 18.2 Å². The molecule has 0 bridgehead atoms. The minimum absolute atomic E-state index is 0.0406. The number of aliphatic hydroxyl groups is 2. The summed E-state index contributed by atoms with van der Waals surface area (Å²) in [5, 5.41) is 30.2. The maximum atomic E-state index is 11.4. The molecule has 0 radical (unpaired) electrons. The van der Waals surface area contributed by atoms with Gasteiger partial charge in [-0.05, 0) is 60.4 Å². The molecular weight excluding hydrogens is 378 g/mol. The van der Waals surface area contributed by atoms with Crippen molar-refractivity contribution < 1.29 is 20.1 Å². The average Bonchev–Trinajstić information content (AvgIpc) is 3.27. The van der Waals surface area contributed by atoms with Gasteiger partial charge in [0.05, 0.1) is 17.8 Å². The van der Waals surface area contributed by atoms with Crippen molar-refractivity contribution in [1.29, 1.82) is 0 Å². The summed E-state index contributed by atoms with van der Waals surface area (Å²) in [6, 6.07) is 12.9. The Labute approximate surface area is 176 Å². The second-order valence-electron chi connectivity index (χ2n) is 8.56. The van der Waals surface area contributed by atoms with Crippen molar-refractivity contribution in [3.8, 4) is 0 Å². The van der Waals surface area contributed by atoms with Crippen LogP contribution in [0.25, 0.3) is 4.85 Å². The number of aliphatic hydroxyl groups excluding tert-OH is 2. The van der Waals surface area contributed by atoms with Crippen LogP contribution in [0.1, 0.15) is 70.3 Å². The summed E-state index contributed by atoms with van der Waals surface area (Å²) in [7, 11) is 0. The van der Waals surface area contributed by atoms with Crippen molar-refractivity contribution in [1.82, 2.24) is 0 Å². The van der Waals surface area contributed by atoms with Crippen LogP contribution >= 0.6 is 0 Å². The van der Waals surface area contributed by atoms with Gasteiger partial charge in [-0.25, -0.2) is 11.4 Å². The molecule has 0 saturated heterocycles. The van der Waals surface area contributed by atoms with Gasteiger partial charge in [0.2, 0.25) is 6.04 Å². The fraction of sp³-hybridized carbons (Fsp3) is 0.440. The van der Waals surface area contributed by atoms with Crippen LogP contribution in [0.4, 0.5) is 0 Å². The summed E-state index contributed by atoms with van der Waals surface area (Å²) < 4.78 is 0. The number of fused-ring (bicyclic) bond motifs is 1. The highest BCUT2D eigenvalue weighted by Gasteiger charge is 2.47. The second kappa shape index (κ2) is 8.59. The van der Waals surface area contributed by atoms with E-state index in [0.29, 0.717) is 18.4 Å². The number of carboxylic acid groups (broad SMARTS) is 1. The Hall–Kier alpha value is -2.68. The first-order valence-corrected chi connectivity index (χ1v) is 10.7. The van der Waals surface area contributed by atoms with Crippen molar-refractivity contribution in [3.63, 3.8) is 0 Å². The number of rotatable bonds is 6. The van der Waals surface area contributed by atoms with E-state index in [1.54, 1.807) is 12.1 Å². The van der Waals surface area contributed by atoms with Gasteiger partial charge in [-0.3, -0.25) is 0 Å². The predicted molar refractivity (Wildman–Crippen MR) is 113 cm³/mol. The summed E-state index contributed by atoms with van der Waals surface area (Å²) in [4.78, 5) is 15.3. The highest BCUT2D eigenvalue weighted by atomic mass is 16.4. The lowest BCUT2D eigenvalue weighted by molar-refractivity contribution is 0.0695. The van der Waals surface area contributed by atoms with Gasteiger partial charge in [-0.1, -0.05) is 36.4 Å². The third-order valence-corrected chi connectivity index (χ3v) is 6.85. The summed E-state index contributed by atoms with van der Waals surface area (Å²) in [6.45, 7) is 7.61. The molecule has 1 fully saturated rings. The molecule has 0 amide bonds. The number of carbonyl (C=O) groups is 1. The van der Waals surface area contributed by atoms with E-state index in [4.69, 9.17) is 6.57 Å². The minimum atomic E-state index is -0.917. The third-order valence-electron chi connectivity index (χ3n) is 6.85. The van der Waals surface area contributed by atoms with Crippen LogP contribution in [-0.4, -0.2) is 33.4 Å². The smallest absolute Gasteiger partial charge is 0.335 e.